The van der Waals surface area contributed by atoms with Crippen LogP contribution in [0.2, 0.25) is 0 Å². The van der Waals surface area contributed by atoms with Crippen LogP contribution in [0.15, 0.2) is 48.5 Å². The number of urea groups is 1. The Hall–Kier alpha value is -3.23. The molecule has 2 aromatic carbocycles. The molecule has 0 saturated carbocycles. The maximum absolute atomic E-state index is 13.5. The minimum atomic E-state index is -3.30. The van der Waals surface area contributed by atoms with E-state index in [1.165, 1.54) is 48.5 Å². The van der Waals surface area contributed by atoms with Crippen molar-refractivity contribution >= 4 is 23.4 Å². The fraction of sp³-hybridized carbons (Fsp3) is 0.263. The third kappa shape index (κ3) is 5.90. The first kappa shape index (κ1) is 21.1. The van der Waals surface area contributed by atoms with Crippen molar-refractivity contribution < 1.29 is 32.2 Å². The highest BCUT2D eigenvalue weighted by molar-refractivity contribution is 6.00. The zero-order valence-electron chi connectivity index (χ0n) is 15.2. The average Bonchev–Trinajstić information content (AvgIpc) is 2.63. The van der Waals surface area contributed by atoms with Gasteiger partial charge in [-0.2, -0.15) is 4.39 Å². The Morgan fingerprint density at radius 3 is 1.96 bits per heavy atom. The van der Waals surface area contributed by atoms with Gasteiger partial charge in [0.1, 0.15) is 5.75 Å². The first-order valence-electron chi connectivity index (χ1n) is 8.32. The van der Waals surface area contributed by atoms with Gasteiger partial charge in [-0.05, 0) is 55.5 Å². The van der Waals surface area contributed by atoms with Gasteiger partial charge < -0.3 is 20.1 Å². The molecule has 2 rings (SSSR count). The molecular formula is C19H19F3N2O4. The highest BCUT2D eigenvalue weighted by Crippen LogP contribution is 2.26. The second kappa shape index (κ2) is 9.12. The third-order valence-electron chi connectivity index (χ3n) is 3.47. The number of esters is 1. The van der Waals surface area contributed by atoms with Crippen molar-refractivity contribution in [1.82, 2.24) is 0 Å². The number of carbonyl (C=O) groups excluding carboxylic acids is 2. The van der Waals surface area contributed by atoms with Crippen LogP contribution in [0.4, 0.5) is 29.3 Å². The van der Waals surface area contributed by atoms with Crippen LogP contribution in [0.3, 0.4) is 0 Å². The fourth-order valence-electron chi connectivity index (χ4n) is 2.08. The molecule has 2 N–H and O–H groups in total. The minimum absolute atomic E-state index is 0.106. The molecule has 0 heterocycles. The summed E-state index contributed by atoms with van der Waals surface area (Å²) in [6, 6.07) is 10.8. The number of carbonyl (C=O) groups is 2. The summed E-state index contributed by atoms with van der Waals surface area (Å²) in [6.45, 7) is 2.59. The van der Waals surface area contributed by atoms with Gasteiger partial charge in [-0.3, -0.25) is 0 Å². The molecule has 0 fully saturated rings. The number of nitrogens with one attached hydrogen (secondary N) is 2. The lowest BCUT2D eigenvalue weighted by molar-refractivity contribution is -0.152. The zero-order chi connectivity index (χ0) is 20.7. The van der Waals surface area contributed by atoms with E-state index in [4.69, 9.17) is 4.74 Å². The van der Waals surface area contributed by atoms with Gasteiger partial charge in [-0.25, -0.2) is 18.4 Å². The largest absolute Gasteiger partial charge is 0.462 e. The fourth-order valence-corrected chi connectivity index (χ4v) is 2.08. The first-order chi connectivity index (χ1) is 13.2. The van der Waals surface area contributed by atoms with E-state index in [0.29, 0.717) is 23.9 Å². The standard InChI is InChI=1S/C19H19F3N2O4/c1-3-27-16(25)12-4-6-13(7-5-12)23-18(26)24-14-8-10-15(11-9-14)28-19(2,22)17(20)21/h4-11,17H,3H2,1-2H3,(H2,23,24,26). The van der Waals surface area contributed by atoms with Crippen molar-refractivity contribution in [3.05, 3.63) is 54.1 Å². The van der Waals surface area contributed by atoms with E-state index in [-0.39, 0.29) is 12.4 Å². The molecule has 0 spiro atoms. The van der Waals surface area contributed by atoms with Crippen LogP contribution >= 0.6 is 0 Å². The van der Waals surface area contributed by atoms with Crippen LogP contribution in [0.25, 0.3) is 0 Å². The third-order valence-corrected chi connectivity index (χ3v) is 3.47. The lowest BCUT2D eigenvalue weighted by atomic mass is 10.2. The van der Waals surface area contributed by atoms with E-state index in [9.17, 15) is 22.8 Å². The molecule has 0 radical (unpaired) electrons. The van der Waals surface area contributed by atoms with Crippen molar-refractivity contribution in [2.45, 2.75) is 26.1 Å². The molecule has 0 aliphatic heterocycles. The maximum atomic E-state index is 13.5. The maximum Gasteiger partial charge on any atom is 0.338 e. The molecule has 2 amide bonds. The number of amides is 2. The van der Waals surface area contributed by atoms with E-state index in [0.717, 1.165) is 0 Å². The number of hydrogen-bond acceptors (Lipinski definition) is 4. The number of hydrogen-bond donors (Lipinski definition) is 2. The molecule has 2 aromatic rings. The average molecular weight is 396 g/mol. The Labute approximate surface area is 159 Å². The Morgan fingerprint density at radius 1 is 1.00 bits per heavy atom. The van der Waals surface area contributed by atoms with E-state index < -0.39 is 24.3 Å². The van der Waals surface area contributed by atoms with Crippen molar-refractivity contribution in [2.24, 2.45) is 0 Å². The zero-order valence-corrected chi connectivity index (χ0v) is 15.2. The van der Waals surface area contributed by atoms with Gasteiger partial charge in [0, 0.05) is 18.3 Å². The monoisotopic (exact) mass is 396 g/mol. The van der Waals surface area contributed by atoms with Gasteiger partial charge in [0.05, 0.1) is 12.2 Å². The minimum Gasteiger partial charge on any atom is -0.462 e. The number of alkyl halides is 3. The summed E-state index contributed by atoms with van der Waals surface area (Å²) < 4.78 is 47.9. The lowest BCUT2D eigenvalue weighted by Crippen LogP contribution is -2.35. The van der Waals surface area contributed by atoms with Crippen LogP contribution in [-0.2, 0) is 4.74 Å². The number of ether oxygens (including phenoxy) is 2. The molecule has 0 aromatic heterocycles. The Bertz CT molecular complexity index is 809. The second-order valence-electron chi connectivity index (χ2n) is 5.79. The molecule has 150 valence electrons. The van der Waals surface area contributed by atoms with Crippen LogP contribution in [0, 0.1) is 0 Å². The molecule has 0 aliphatic carbocycles. The molecule has 9 heteroatoms. The van der Waals surface area contributed by atoms with Crippen LogP contribution in [0.1, 0.15) is 24.2 Å². The molecule has 6 nitrogen and oxygen atoms in total. The molecule has 0 aliphatic rings. The molecule has 28 heavy (non-hydrogen) atoms. The molecule has 1 unspecified atom stereocenters. The Balaban J connectivity index is 1.91. The van der Waals surface area contributed by atoms with E-state index in [2.05, 4.69) is 15.4 Å². The number of anilines is 2. The quantitative estimate of drug-likeness (QED) is 0.657. The van der Waals surface area contributed by atoms with Gasteiger partial charge in [-0.15, -0.1) is 0 Å². The summed E-state index contributed by atoms with van der Waals surface area (Å²) >= 11 is 0. The predicted molar refractivity (Wildman–Crippen MR) is 97.6 cm³/mol. The van der Waals surface area contributed by atoms with Crippen LogP contribution in [-0.4, -0.2) is 30.9 Å². The van der Waals surface area contributed by atoms with Crippen molar-refractivity contribution in [2.75, 3.05) is 17.2 Å². The van der Waals surface area contributed by atoms with E-state index >= 15 is 0 Å². The van der Waals surface area contributed by atoms with E-state index in [1.807, 2.05) is 0 Å². The lowest BCUT2D eigenvalue weighted by Gasteiger charge is -2.21. The summed E-state index contributed by atoms with van der Waals surface area (Å²) in [4.78, 5) is 23.6. The molecule has 0 bridgehead atoms. The molecular weight excluding hydrogens is 377 g/mol. The SMILES string of the molecule is CCOC(=O)c1ccc(NC(=O)Nc2ccc(OC(C)(F)C(F)F)cc2)cc1. The molecule has 0 saturated heterocycles. The summed E-state index contributed by atoms with van der Waals surface area (Å²) in [5.74, 6) is -3.68. The van der Waals surface area contributed by atoms with Crippen LogP contribution in [0.5, 0.6) is 5.75 Å². The Kier molecular flexibility index (Phi) is 6.86. The van der Waals surface area contributed by atoms with Gasteiger partial charge >= 0.3 is 24.3 Å². The summed E-state index contributed by atoms with van der Waals surface area (Å²) in [5, 5.41) is 5.09. The van der Waals surface area contributed by atoms with Crippen molar-refractivity contribution in [1.29, 1.82) is 0 Å². The van der Waals surface area contributed by atoms with Gasteiger partial charge in [0.15, 0.2) is 0 Å². The van der Waals surface area contributed by atoms with E-state index in [1.54, 1.807) is 6.92 Å². The van der Waals surface area contributed by atoms with Gasteiger partial charge in [-0.1, -0.05) is 0 Å². The van der Waals surface area contributed by atoms with Crippen molar-refractivity contribution in [3.8, 4) is 5.75 Å². The first-order valence-corrected chi connectivity index (χ1v) is 8.32. The molecule has 1 atom stereocenters. The van der Waals surface area contributed by atoms with Gasteiger partial charge in [0.2, 0.25) is 0 Å². The second-order valence-corrected chi connectivity index (χ2v) is 5.79. The van der Waals surface area contributed by atoms with Crippen molar-refractivity contribution in [3.63, 3.8) is 0 Å². The Morgan fingerprint density at radius 2 is 1.50 bits per heavy atom. The number of halogens is 3. The normalized spacial score (nSPS) is 12.8. The summed E-state index contributed by atoms with van der Waals surface area (Å²) in [6.07, 6.45) is -3.30. The summed E-state index contributed by atoms with van der Waals surface area (Å²) in [7, 11) is 0. The van der Waals surface area contributed by atoms with Crippen LogP contribution < -0.4 is 15.4 Å². The predicted octanol–water partition coefficient (Wildman–Crippen LogP) is 4.84. The summed E-state index contributed by atoms with van der Waals surface area (Å²) in [5.41, 5.74) is 1.13. The highest BCUT2D eigenvalue weighted by Gasteiger charge is 2.37. The number of rotatable bonds is 7. The van der Waals surface area contributed by atoms with Gasteiger partial charge in [0.25, 0.3) is 0 Å². The highest BCUT2D eigenvalue weighted by atomic mass is 19.3. The number of benzene rings is 2. The topological polar surface area (TPSA) is 76.7 Å². The smallest absolute Gasteiger partial charge is 0.338 e.